The van der Waals surface area contributed by atoms with Gasteiger partial charge in [-0.3, -0.25) is 14.3 Å². The molecule has 14 heteroatoms. The zero-order valence-corrected chi connectivity index (χ0v) is 27.0. The number of alkyl halides is 1. The molecule has 1 aromatic heterocycles. The van der Waals surface area contributed by atoms with Crippen LogP contribution in [-0.4, -0.2) is 57.2 Å². The number of rotatable bonds is 8. The Balaban J connectivity index is 2.68. The van der Waals surface area contributed by atoms with Crippen LogP contribution in [0.2, 0.25) is 36.3 Å². The van der Waals surface area contributed by atoms with Gasteiger partial charge in [-0.05, 0) is 64.4 Å². The molecule has 0 bridgehead atoms. The monoisotopic (exact) mass is 655 g/mol. The van der Waals surface area contributed by atoms with Gasteiger partial charge in [0.2, 0.25) is 0 Å². The molecule has 1 aromatic rings. The van der Waals surface area contributed by atoms with Crippen molar-refractivity contribution < 1.29 is 18.0 Å². The highest BCUT2D eigenvalue weighted by molar-refractivity contribution is 14.1. The number of ether oxygens (including phenoxy) is 1. The van der Waals surface area contributed by atoms with Gasteiger partial charge >= 0.3 is 5.69 Å². The molecule has 1 aliphatic rings. The average Bonchev–Trinajstić information content (AvgIpc) is 2.98. The first-order valence-electron chi connectivity index (χ1n) is 11.8. The van der Waals surface area contributed by atoms with Gasteiger partial charge in [0.25, 0.3) is 5.56 Å². The van der Waals surface area contributed by atoms with Crippen molar-refractivity contribution in [1.29, 1.82) is 0 Å². The first-order valence-corrected chi connectivity index (χ1v) is 18.7. The molecule has 0 aliphatic carbocycles. The molecule has 0 spiro atoms. The number of aromatic amines is 1. The zero-order chi connectivity index (χ0) is 27.9. The minimum Gasteiger partial charge on any atom is -0.414 e. The Morgan fingerprint density at radius 2 is 1.75 bits per heavy atom. The molecule has 0 radical (unpaired) electrons. The standard InChI is InChI=1S/C22H39FIN5O5Si2/c1-20(2,3)35(7,8)32-13-22(12-26-28-25)16(34-36(9,10)21(4,5)6)15(23)18(33-22)29-11-14(24)17(30)27-19(29)31/h11,15-16,18H,12-13H2,1-10H3,(H,27,30,31)/t15-,16?,18-,22?/m1/s1. The van der Waals surface area contributed by atoms with Crippen LogP contribution in [0.5, 0.6) is 0 Å². The van der Waals surface area contributed by atoms with Crippen molar-refractivity contribution in [1.82, 2.24) is 9.55 Å². The first kappa shape index (κ1) is 31.2. The van der Waals surface area contributed by atoms with Gasteiger partial charge in [0.05, 0.1) is 16.7 Å². The number of halogens is 2. The summed E-state index contributed by atoms with van der Waals surface area (Å²) in [5, 5.41) is 3.37. The second-order valence-electron chi connectivity index (χ2n) is 12.4. The van der Waals surface area contributed by atoms with Crippen LogP contribution in [0.15, 0.2) is 20.9 Å². The van der Waals surface area contributed by atoms with Gasteiger partial charge in [0.15, 0.2) is 29.0 Å². The van der Waals surface area contributed by atoms with Gasteiger partial charge in [-0.15, -0.1) is 0 Å². The maximum Gasteiger partial charge on any atom is 0.330 e. The molecule has 4 atom stereocenters. The number of nitrogens with zero attached hydrogens (tertiary/aromatic N) is 4. The van der Waals surface area contributed by atoms with Crippen molar-refractivity contribution in [3.63, 3.8) is 0 Å². The fraction of sp³-hybridized carbons (Fsp3) is 0.818. The van der Waals surface area contributed by atoms with E-state index in [0.717, 1.165) is 4.57 Å². The summed E-state index contributed by atoms with van der Waals surface area (Å²) >= 11 is 1.77. The number of H-pyrrole nitrogens is 1. The lowest BCUT2D eigenvalue weighted by atomic mass is 9.97. The molecule has 1 N–H and O–H groups in total. The fourth-order valence-corrected chi connectivity index (χ4v) is 6.10. The van der Waals surface area contributed by atoms with Crippen molar-refractivity contribution in [2.45, 2.75) is 102 Å². The summed E-state index contributed by atoms with van der Waals surface area (Å²) in [6, 6.07) is 0. The molecule has 2 heterocycles. The summed E-state index contributed by atoms with van der Waals surface area (Å²) in [6.07, 6.45) is -3.11. The average molecular weight is 656 g/mol. The molecule has 0 aromatic carbocycles. The normalized spacial score (nSPS) is 25.6. The molecule has 2 unspecified atom stereocenters. The summed E-state index contributed by atoms with van der Waals surface area (Å²) in [6.45, 7) is 20.2. The van der Waals surface area contributed by atoms with Gasteiger partial charge in [0.1, 0.15) is 11.7 Å². The Bertz CT molecular complexity index is 1120. The Morgan fingerprint density at radius 3 is 2.25 bits per heavy atom. The van der Waals surface area contributed by atoms with Gasteiger partial charge in [-0.25, -0.2) is 9.18 Å². The van der Waals surface area contributed by atoms with Crippen LogP contribution >= 0.6 is 22.6 Å². The smallest absolute Gasteiger partial charge is 0.330 e. The van der Waals surface area contributed by atoms with E-state index in [9.17, 15) is 9.59 Å². The topological polar surface area (TPSA) is 131 Å². The second-order valence-corrected chi connectivity index (χ2v) is 23.1. The third-order valence-corrected chi connectivity index (χ3v) is 17.4. The van der Waals surface area contributed by atoms with Crippen molar-refractivity contribution in [2.75, 3.05) is 13.2 Å². The van der Waals surface area contributed by atoms with E-state index < -0.39 is 52.0 Å². The molecular weight excluding hydrogens is 616 g/mol. The van der Waals surface area contributed by atoms with Crippen LogP contribution in [-0.2, 0) is 13.6 Å². The molecule has 204 valence electrons. The second kappa shape index (κ2) is 10.6. The third kappa shape index (κ3) is 6.33. The van der Waals surface area contributed by atoms with Crippen LogP contribution in [0, 0.1) is 3.57 Å². The number of azide groups is 1. The number of aromatic nitrogens is 2. The lowest BCUT2D eigenvalue weighted by molar-refractivity contribution is -0.117. The number of hydrogen-bond acceptors (Lipinski definition) is 6. The van der Waals surface area contributed by atoms with Gasteiger partial charge in [0, 0.05) is 11.1 Å². The van der Waals surface area contributed by atoms with Crippen LogP contribution in [0.3, 0.4) is 0 Å². The summed E-state index contributed by atoms with van der Waals surface area (Å²) < 4.78 is 37.0. The molecule has 0 amide bonds. The highest BCUT2D eigenvalue weighted by Gasteiger charge is 2.60. The minimum absolute atomic E-state index is 0.0755. The third-order valence-electron chi connectivity index (χ3n) is 7.75. The van der Waals surface area contributed by atoms with E-state index in [1.165, 1.54) is 6.20 Å². The largest absolute Gasteiger partial charge is 0.414 e. The lowest BCUT2D eigenvalue weighted by Crippen LogP contribution is -2.58. The highest BCUT2D eigenvalue weighted by atomic mass is 127. The van der Waals surface area contributed by atoms with Crippen LogP contribution in [0.25, 0.3) is 10.4 Å². The predicted molar refractivity (Wildman–Crippen MR) is 151 cm³/mol. The highest BCUT2D eigenvalue weighted by Crippen LogP contribution is 2.47. The van der Waals surface area contributed by atoms with Crippen molar-refractivity contribution in [3.05, 3.63) is 41.0 Å². The van der Waals surface area contributed by atoms with Crippen molar-refractivity contribution >= 4 is 39.2 Å². The van der Waals surface area contributed by atoms with E-state index in [1.54, 1.807) is 22.6 Å². The van der Waals surface area contributed by atoms with E-state index >= 15 is 4.39 Å². The Morgan fingerprint density at radius 1 is 1.19 bits per heavy atom. The Labute approximate surface area is 227 Å². The molecular formula is C22H39FIN5O5Si2. The molecule has 10 nitrogen and oxygen atoms in total. The quantitative estimate of drug-likeness (QED) is 0.131. The number of hydrogen-bond donors (Lipinski definition) is 1. The van der Waals surface area contributed by atoms with Gasteiger partial charge in [-0.1, -0.05) is 46.7 Å². The lowest BCUT2D eigenvalue weighted by Gasteiger charge is -2.44. The summed E-state index contributed by atoms with van der Waals surface area (Å²) in [7, 11) is -4.89. The van der Waals surface area contributed by atoms with E-state index in [4.69, 9.17) is 19.1 Å². The molecule has 1 saturated heterocycles. The summed E-state index contributed by atoms with van der Waals surface area (Å²) in [4.78, 5) is 29.7. The molecule has 1 fully saturated rings. The first-order chi connectivity index (χ1) is 16.2. The van der Waals surface area contributed by atoms with E-state index in [0.29, 0.717) is 0 Å². The fourth-order valence-electron chi connectivity index (χ4n) is 3.30. The summed E-state index contributed by atoms with van der Waals surface area (Å²) in [5.74, 6) is 0. The molecule has 1 aliphatic heterocycles. The zero-order valence-electron chi connectivity index (χ0n) is 22.8. The Hall–Kier alpha value is -1.04. The van der Waals surface area contributed by atoms with Crippen LogP contribution in [0.1, 0.15) is 47.8 Å². The predicted octanol–water partition coefficient (Wildman–Crippen LogP) is 5.47. The van der Waals surface area contributed by atoms with Gasteiger partial charge in [-0.2, -0.15) is 0 Å². The van der Waals surface area contributed by atoms with E-state index in [-0.39, 0.29) is 26.8 Å². The summed E-state index contributed by atoms with van der Waals surface area (Å²) in [5.41, 5.74) is 6.30. The van der Waals surface area contributed by atoms with Crippen molar-refractivity contribution in [2.24, 2.45) is 5.11 Å². The molecule has 0 saturated carbocycles. The minimum atomic E-state index is -2.56. The number of nitrogens with one attached hydrogen (secondary N) is 1. The van der Waals surface area contributed by atoms with E-state index in [1.807, 2.05) is 33.9 Å². The Kier molecular flexibility index (Phi) is 9.19. The maximum atomic E-state index is 16.4. The van der Waals surface area contributed by atoms with Crippen LogP contribution < -0.4 is 11.2 Å². The molecule has 2 rings (SSSR count). The van der Waals surface area contributed by atoms with Gasteiger partial charge < -0.3 is 13.6 Å². The maximum absolute atomic E-state index is 16.4. The molecule has 36 heavy (non-hydrogen) atoms. The van der Waals surface area contributed by atoms with Crippen molar-refractivity contribution in [3.8, 4) is 0 Å². The van der Waals surface area contributed by atoms with Crippen LogP contribution in [0.4, 0.5) is 4.39 Å². The van der Waals surface area contributed by atoms with E-state index in [2.05, 4.69) is 48.9 Å². The SMILES string of the molecule is CC(C)(C)[Si](C)(C)OCC1(CN=[N+]=[N-])O[C@@H](n2cc(I)c(=O)[nH]c2=O)[C@H](F)C1O[Si](C)(C)C(C)(C)C.